The van der Waals surface area contributed by atoms with Gasteiger partial charge in [-0.15, -0.1) is 0 Å². The van der Waals surface area contributed by atoms with Gasteiger partial charge in [0.05, 0.1) is 25.7 Å². The predicted octanol–water partition coefficient (Wildman–Crippen LogP) is 4.23. The molecule has 0 aliphatic carbocycles. The molecule has 0 aromatic heterocycles. The minimum Gasteiger partial charge on any atom is -0.743 e. The number of alkyl halides is 9. The topological polar surface area (TPSA) is 57.2 Å². The standard InChI is InChI=1S/C9H22N.C4HF9O3S/c1-6-10(7-2,8-3)9(4)5;5-1(6,3(9,10)11)2(7,8)4(12,13)17(14,15)16/h9H,6-8H2,1-5H3;(H,14,15,16)/q+1;/p-1. The Labute approximate surface area is 151 Å². The van der Waals surface area contributed by atoms with Crippen LogP contribution in [-0.4, -0.2) is 66.4 Å². The quantitative estimate of drug-likeness (QED) is 0.336. The van der Waals surface area contributed by atoms with E-state index in [-0.39, 0.29) is 0 Å². The van der Waals surface area contributed by atoms with E-state index in [0.29, 0.717) is 0 Å². The molecular formula is C13H22F9NO3S. The van der Waals surface area contributed by atoms with Crippen LogP contribution in [0.25, 0.3) is 0 Å². The molecule has 0 radical (unpaired) electrons. The summed E-state index contributed by atoms with van der Waals surface area (Å²) in [6.45, 7) is 15.3. The van der Waals surface area contributed by atoms with E-state index in [1.807, 2.05) is 0 Å². The first kappa shape index (κ1) is 28.4. The highest BCUT2D eigenvalue weighted by Gasteiger charge is 2.83. The van der Waals surface area contributed by atoms with Crippen LogP contribution in [0.15, 0.2) is 0 Å². The Hall–Kier alpha value is -0.760. The molecule has 0 amide bonds. The number of halogens is 9. The molecule has 27 heavy (non-hydrogen) atoms. The highest BCUT2D eigenvalue weighted by atomic mass is 32.2. The van der Waals surface area contributed by atoms with E-state index >= 15 is 0 Å². The molecule has 0 atom stereocenters. The minimum atomic E-state index is -7.43. The van der Waals surface area contributed by atoms with Gasteiger partial charge in [-0.1, -0.05) is 0 Å². The molecule has 0 saturated heterocycles. The summed E-state index contributed by atoms with van der Waals surface area (Å²) in [5.41, 5.74) is 0. The molecule has 0 aromatic rings. The van der Waals surface area contributed by atoms with Crippen molar-refractivity contribution in [2.75, 3.05) is 19.6 Å². The van der Waals surface area contributed by atoms with Crippen LogP contribution < -0.4 is 0 Å². The molecule has 4 nitrogen and oxygen atoms in total. The summed E-state index contributed by atoms with van der Waals surface area (Å²) in [5.74, 6) is -14.8. The molecule has 0 rings (SSSR count). The number of quaternary nitrogens is 1. The molecule has 0 fully saturated rings. The Kier molecular flexibility index (Phi) is 9.19. The summed E-state index contributed by atoms with van der Waals surface area (Å²) in [4.78, 5) is 0. The summed E-state index contributed by atoms with van der Waals surface area (Å²) in [7, 11) is -7.42. The van der Waals surface area contributed by atoms with Gasteiger partial charge in [-0.05, 0) is 34.6 Å². The minimum absolute atomic E-state index is 0.778. The smallest absolute Gasteiger partial charge is 0.460 e. The molecule has 0 saturated carbocycles. The molecule has 0 aliphatic rings. The van der Waals surface area contributed by atoms with E-state index in [9.17, 15) is 52.5 Å². The van der Waals surface area contributed by atoms with Crippen LogP contribution in [0.1, 0.15) is 34.6 Å². The Morgan fingerprint density at radius 3 is 1.19 bits per heavy atom. The van der Waals surface area contributed by atoms with Crippen molar-refractivity contribution >= 4 is 10.1 Å². The van der Waals surface area contributed by atoms with Crippen molar-refractivity contribution in [3.8, 4) is 0 Å². The van der Waals surface area contributed by atoms with Gasteiger partial charge in [0.25, 0.3) is 0 Å². The maximum atomic E-state index is 12.2. The summed E-state index contributed by atoms with van der Waals surface area (Å²) in [5, 5.41) is -7.11. The van der Waals surface area contributed by atoms with Crippen molar-refractivity contribution in [2.24, 2.45) is 0 Å². The van der Waals surface area contributed by atoms with Gasteiger partial charge in [0.15, 0.2) is 10.1 Å². The van der Waals surface area contributed by atoms with Gasteiger partial charge in [0.1, 0.15) is 0 Å². The van der Waals surface area contributed by atoms with E-state index in [1.54, 1.807) is 0 Å². The second kappa shape index (κ2) is 8.72. The largest absolute Gasteiger partial charge is 0.743 e. The van der Waals surface area contributed by atoms with Crippen LogP contribution in [0.4, 0.5) is 39.5 Å². The highest BCUT2D eigenvalue weighted by Crippen LogP contribution is 2.54. The molecule has 0 spiro atoms. The summed E-state index contributed by atoms with van der Waals surface area (Å²) >= 11 is 0. The van der Waals surface area contributed by atoms with Crippen molar-refractivity contribution < 1.29 is 57.0 Å². The number of hydrogen-bond donors (Lipinski definition) is 0. The molecule has 166 valence electrons. The SMILES string of the molecule is CC[N+](CC)(CC)C(C)C.O=S(=O)([O-])C(F)(F)C(F)(F)C(F)(F)C(F)(F)F. The number of hydrogen-bond acceptors (Lipinski definition) is 3. The van der Waals surface area contributed by atoms with Gasteiger partial charge in [-0.3, -0.25) is 0 Å². The summed E-state index contributed by atoms with van der Waals surface area (Å²) < 4.78 is 137. The van der Waals surface area contributed by atoms with Gasteiger partial charge in [-0.2, -0.15) is 39.5 Å². The van der Waals surface area contributed by atoms with Gasteiger partial charge in [-0.25, -0.2) is 8.42 Å². The first-order chi connectivity index (χ1) is 11.6. The van der Waals surface area contributed by atoms with Crippen molar-refractivity contribution in [3.05, 3.63) is 0 Å². The van der Waals surface area contributed by atoms with E-state index in [2.05, 4.69) is 34.6 Å². The van der Waals surface area contributed by atoms with Gasteiger partial charge in [0, 0.05) is 0 Å². The fourth-order valence-corrected chi connectivity index (χ4v) is 2.73. The zero-order chi connectivity index (χ0) is 22.7. The van der Waals surface area contributed by atoms with Crippen LogP contribution in [0.2, 0.25) is 0 Å². The molecule has 14 heteroatoms. The Morgan fingerprint density at radius 2 is 1.07 bits per heavy atom. The van der Waals surface area contributed by atoms with Crippen molar-refractivity contribution in [1.82, 2.24) is 0 Å². The first-order valence-electron chi connectivity index (χ1n) is 7.64. The van der Waals surface area contributed by atoms with Crippen molar-refractivity contribution in [1.29, 1.82) is 0 Å². The second-order valence-corrected chi connectivity index (χ2v) is 7.30. The van der Waals surface area contributed by atoms with E-state index in [1.165, 1.54) is 24.1 Å². The summed E-state index contributed by atoms with van der Waals surface area (Å²) in [6.07, 6.45) is -7.16. The maximum Gasteiger partial charge on any atom is 0.460 e. The number of rotatable bonds is 7. The Morgan fingerprint density at radius 1 is 0.778 bits per heavy atom. The third kappa shape index (κ3) is 5.40. The van der Waals surface area contributed by atoms with Gasteiger partial charge >= 0.3 is 23.3 Å². The number of nitrogens with zero attached hydrogens (tertiary/aromatic N) is 1. The lowest BCUT2D eigenvalue weighted by molar-refractivity contribution is -0.943. The van der Waals surface area contributed by atoms with Gasteiger partial charge in [0.2, 0.25) is 0 Å². The van der Waals surface area contributed by atoms with Crippen LogP contribution in [0.5, 0.6) is 0 Å². The monoisotopic (exact) mass is 443 g/mol. The molecule has 0 unspecified atom stereocenters. The van der Waals surface area contributed by atoms with Crippen LogP contribution in [0, 0.1) is 0 Å². The average molecular weight is 443 g/mol. The van der Waals surface area contributed by atoms with E-state index in [4.69, 9.17) is 0 Å². The van der Waals surface area contributed by atoms with Crippen LogP contribution >= 0.6 is 0 Å². The van der Waals surface area contributed by atoms with E-state index < -0.39 is 33.4 Å². The lowest BCUT2D eigenvalue weighted by Crippen LogP contribution is -2.63. The molecule has 0 aromatic carbocycles. The molecule has 0 bridgehead atoms. The summed E-state index contributed by atoms with van der Waals surface area (Å²) in [6, 6.07) is 0.778. The van der Waals surface area contributed by atoms with Gasteiger partial charge < -0.3 is 9.04 Å². The molecular weight excluding hydrogens is 421 g/mol. The molecule has 0 N–H and O–H groups in total. The first-order valence-corrected chi connectivity index (χ1v) is 9.05. The Balaban J connectivity index is 0. The molecule has 0 aliphatic heterocycles. The fraction of sp³-hybridized carbons (Fsp3) is 1.00. The van der Waals surface area contributed by atoms with Crippen LogP contribution in [0.3, 0.4) is 0 Å². The third-order valence-electron chi connectivity index (χ3n) is 4.41. The normalized spacial score (nSPS) is 14.8. The lowest BCUT2D eigenvalue weighted by atomic mass is 10.1. The predicted molar refractivity (Wildman–Crippen MR) is 77.6 cm³/mol. The molecule has 0 heterocycles. The van der Waals surface area contributed by atoms with Crippen molar-refractivity contribution in [3.63, 3.8) is 0 Å². The van der Waals surface area contributed by atoms with E-state index in [0.717, 1.165) is 6.04 Å². The lowest BCUT2D eigenvalue weighted by Gasteiger charge is -2.39. The van der Waals surface area contributed by atoms with Crippen LogP contribution in [-0.2, 0) is 10.1 Å². The zero-order valence-corrected chi connectivity index (χ0v) is 16.0. The average Bonchev–Trinajstić information content (AvgIpc) is 2.47. The Bertz CT molecular complexity index is 562. The van der Waals surface area contributed by atoms with Crippen molar-refractivity contribution in [2.45, 2.75) is 63.9 Å². The third-order valence-corrected chi connectivity index (χ3v) is 5.30. The fourth-order valence-electron chi connectivity index (χ4n) is 2.28. The second-order valence-electron chi connectivity index (χ2n) is 5.88. The zero-order valence-electron chi connectivity index (χ0n) is 15.2. The maximum absolute atomic E-state index is 12.2. The highest BCUT2D eigenvalue weighted by molar-refractivity contribution is 7.86.